The zero-order chi connectivity index (χ0) is 21.8. The molecule has 0 fully saturated rings. The van der Waals surface area contributed by atoms with Gasteiger partial charge in [0.2, 0.25) is 11.6 Å². The first-order chi connectivity index (χ1) is 15.0. The second kappa shape index (κ2) is 9.29. The summed E-state index contributed by atoms with van der Waals surface area (Å²) in [7, 11) is 0. The molecule has 0 atom stereocenters. The van der Waals surface area contributed by atoms with Crippen LogP contribution in [0.4, 0.5) is 5.82 Å². The number of aromatic nitrogens is 5. The predicted molar refractivity (Wildman–Crippen MR) is 119 cm³/mol. The van der Waals surface area contributed by atoms with Crippen molar-refractivity contribution in [2.45, 2.75) is 17.6 Å². The van der Waals surface area contributed by atoms with Gasteiger partial charge in [-0.05, 0) is 53.6 Å². The Bertz CT molecular complexity index is 1230. The molecule has 3 aromatic heterocycles. The van der Waals surface area contributed by atoms with Crippen LogP contribution in [-0.2, 0) is 5.75 Å². The number of hydrogen-bond acceptors (Lipinski definition) is 10. The number of carbonyl (C=O) groups excluding carboxylic acids is 1. The van der Waals surface area contributed by atoms with E-state index < -0.39 is 5.91 Å². The number of thiophene rings is 1. The van der Waals surface area contributed by atoms with Crippen molar-refractivity contribution in [2.75, 3.05) is 5.73 Å². The molecular weight excluding hydrogens is 460 g/mol. The first kappa shape index (κ1) is 21.0. The Morgan fingerprint density at radius 2 is 2.13 bits per heavy atom. The first-order valence-electron chi connectivity index (χ1n) is 8.82. The molecule has 4 rings (SSSR count). The fourth-order valence-electron chi connectivity index (χ4n) is 2.53. The average molecular weight is 475 g/mol. The second-order valence-corrected chi connectivity index (χ2v) is 8.96. The minimum Gasteiger partial charge on any atom is -0.378 e. The van der Waals surface area contributed by atoms with Crippen LogP contribution in [0.25, 0.3) is 5.82 Å². The molecule has 1 amide bonds. The molecule has 3 N–H and O–H groups in total. The van der Waals surface area contributed by atoms with Crippen molar-refractivity contribution in [3.63, 3.8) is 0 Å². The topological polar surface area (TPSA) is 137 Å². The third-order valence-electron chi connectivity index (χ3n) is 3.98. The van der Waals surface area contributed by atoms with Crippen LogP contribution in [0.3, 0.4) is 0 Å². The van der Waals surface area contributed by atoms with Crippen molar-refractivity contribution in [1.29, 1.82) is 0 Å². The molecule has 0 radical (unpaired) electrons. The molecule has 4 aromatic rings. The van der Waals surface area contributed by atoms with Gasteiger partial charge in [-0.3, -0.25) is 4.79 Å². The number of amides is 1. The number of nitrogens with zero attached hydrogens (tertiary/aromatic N) is 6. The van der Waals surface area contributed by atoms with Crippen molar-refractivity contribution in [1.82, 2.24) is 30.7 Å². The highest BCUT2D eigenvalue weighted by molar-refractivity contribution is 7.98. The lowest BCUT2D eigenvalue weighted by atomic mass is 10.3. The Morgan fingerprint density at radius 3 is 2.81 bits per heavy atom. The smallest absolute Gasteiger partial charge is 0.293 e. The number of benzene rings is 1. The molecule has 0 unspecified atom stereocenters. The third-order valence-corrected chi connectivity index (χ3v) is 6.19. The largest absolute Gasteiger partial charge is 0.378 e. The van der Waals surface area contributed by atoms with Crippen molar-refractivity contribution in [3.8, 4) is 5.82 Å². The normalized spacial score (nSPS) is 11.3. The summed E-state index contributed by atoms with van der Waals surface area (Å²) < 4.78 is 5.99. The fourth-order valence-corrected chi connectivity index (χ4v) is 4.29. The highest BCUT2D eigenvalue weighted by atomic mass is 35.5. The van der Waals surface area contributed by atoms with Gasteiger partial charge in [-0.1, -0.05) is 16.8 Å². The minimum absolute atomic E-state index is 0.0284. The number of anilines is 1. The monoisotopic (exact) mass is 474 g/mol. The first-order valence-corrected chi connectivity index (χ1v) is 11.0. The maximum Gasteiger partial charge on any atom is 0.293 e. The second-order valence-electron chi connectivity index (χ2n) is 6.16. The van der Waals surface area contributed by atoms with Gasteiger partial charge in [0, 0.05) is 25.4 Å². The Labute approximate surface area is 189 Å². The zero-order valence-corrected chi connectivity index (χ0v) is 18.4. The van der Waals surface area contributed by atoms with Gasteiger partial charge >= 0.3 is 0 Å². The van der Waals surface area contributed by atoms with Crippen molar-refractivity contribution < 1.29 is 9.42 Å². The van der Waals surface area contributed by atoms with Gasteiger partial charge in [-0.15, -0.1) is 28.2 Å². The molecule has 13 heteroatoms. The van der Waals surface area contributed by atoms with E-state index in [-0.39, 0.29) is 17.3 Å². The molecule has 0 aliphatic heterocycles. The molecule has 0 spiro atoms. The Hall–Kier alpha value is -3.22. The molecule has 0 saturated carbocycles. The van der Waals surface area contributed by atoms with E-state index in [1.807, 2.05) is 31.2 Å². The number of hydrazone groups is 1. The highest BCUT2D eigenvalue weighted by Gasteiger charge is 2.24. The Balaban J connectivity index is 1.58. The fraction of sp³-hybridized carbons (Fsp3) is 0.111. The molecule has 0 saturated heterocycles. The van der Waals surface area contributed by atoms with E-state index in [9.17, 15) is 4.79 Å². The van der Waals surface area contributed by atoms with Crippen LogP contribution in [0.1, 0.15) is 25.9 Å². The van der Waals surface area contributed by atoms with Gasteiger partial charge in [-0.25, -0.2) is 10.1 Å². The summed E-state index contributed by atoms with van der Waals surface area (Å²) in [5, 5.41) is 20.0. The number of hydrogen-bond donors (Lipinski definition) is 2. The summed E-state index contributed by atoms with van der Waals surface area (Å²) in [5.74, 6) is 0.00589. The lowest BCUT2D eigenvalue weighted by Crippen LogP contribution is -2.20. The molecule has 31 heavy (non-hydrogen) atoms. The summed E-state index contributed by atoms with van der Waals surface area (Å²) in [5.41, 5.74) is 8.82. The number of nitrogen functional groups attached to an aromatic ring is 1. The highest BCUT2D eigenvalue weighted by Crippen LogP contribution is 2.27. The molecular formula is C18H15ClN8O2S2. The van der Waals surface area contributed by atoms with Crippen molar-refractivity contribution in [2.24, 2.45) is 5.10 Å². The number of halogens is 1. The maximum atomic E-state index is 12.7. The van der Waals surface area contributed by atoms with Crippen LogP contribution in [0, 0.1) is 6.92 Å². The molecule has 0 aliphatic carbocycles. The lowest BCUT2D eigenvalue weighted by molar-refractivity contribution is 0.0949. The molecule has 158 valence electrons. The average Bonchev–Trinajstić information content (AvgIpc) is 3.47. The van der Waals surface area contributed by atoms with Gasteiger partial charge in [0.05, 0.1) is 11.9 Å². The van der Waals surface area contributed by atoms with Gasteiger partial charge in [0.15, 0.2) is 5.69 Å². The van der Waals surface area contributed by atoms with Crippen molar-refractivity contribution in [3.05, 3.63) is 62.6 Å². The summed E-state index contributed by atoms with van der Waals surface area (Å²) in [6, 6.07) is 11.2. The van der Waals surface area contributed by atoms with E-state index in [0.717, 1.165) is 14.6 Å². The van der Waals surface area contributed by atoms with Gasteiger partial charge in [0.1, 0.15) is 0 Å². The Morgan fingerprint density at radius 1 is 1.32 bits per heavy atom. The minimum atomic E-state index is -0.516. The predicted octanol–water partition coefficient (Wildman–Crippen LogP) is 3.31. The van der Waals surface area contributed by atoms with E-state index >= 15 is 0 Å². The van der Waals surface area contributed by atoms with E-state index in [4.69, 9.17) is 17.3 Å². The van der Waals surface area contributed by atoms with Gasteiger partial charge in [0.25, 0.3) is 5.91 Å². The number of thioether (sulfide) groups is 1. The van der Waals surface area contributed by atoms with Gasteiger partial charge in [-0.2, -0.15) is 9.78 Å². The molecule has 0 bridgehead atoms. The van der Waals surface area contributed by atoms with E-state index in [1.165, 1.54) is 16.4 Å². The standard InChI is InChI=1S/C18H15ClN8O2S2/c1-10-2-5-13(31-10)8-21-23-18(28)15-14(9-30-12-6-3-11(19)4-7-12)27(26-22-15)17-16(20)24-29-25-17/h2-8H,9H2,1H3,(H2,20,24)(H,23,28)/b21-8+. The number of nitrogens with one attached hydrogen (secondary N) is 1. The zero-order valence-electron chi connectivity index (χ0n) is 16.0. The molecule has 10 nitrogen and oxygen atoms in total. The molecule has 1 aromatic carbocycles. The summed E-state index contributed by atoms with van der Waals surface area (Å²) in [6.07, 6.45) is 1.57. The van der Waals surface area contributed by atoms with E-state index in [1.54, 1.807) is 29.7 Å². The molecule has 3 heterocycles. The van der Waals surface area contributed by atoms with E-state index in [0.29, 0.717) is 16.5 Å². The van der Waals surface area contributed by atoms with Crippen LogP contribution in [-0.4, -0.2) is 37.4 Å². The number of rotatable bonds is 7. The third kappa shape index (κ3) is 4.93. The van der Waals surface area contributed by atoms with Crippen LogP contribution in [0.15, 0.2) is 51.0 Å². The number of carbonyl (C=O) groups is 1. The summed E-state index contributed by atoms with van der Waals surface area (Å²) >= 11 is 8.97. The van der Waals surface area contributed by atoms with E-state index in [2.05, 4.69) is 35.8 Å². The number of nitrogens with two attached hydrogens (primary N) is 1. The maximum absolute atomic E-state index is 12.7. The number of aryl methyl sites for hydroxylation is 1. The quantitative estimate of drug-likeness (QED) is 0.236. The van der Waals surface area contributed by atoms with Crippen LogP contribution < -0.4 is 11.2 Å². The summed E-state index contributed by atoms with van der Waals surface area (Å²) in [4.78, 5) is 15.7. The molecule has 0 aliphatic rings. The SMILES string of the molecule is Cc1ccc(/C=N/NC(=O)c2nnn(-c3nonc3N)c2CSc2ccc(Cl)cc2)s1. The van der Waals surface area contributed by atoms with Crippen LogP contribution in [0.5, 0.6) is 0 Å². The van der Waals surface area contributed by atoms with Crippen molar-refractivity contribution >= 4 is 52.6 Å². The summed E-state index contributed by atoms with van der Waals surface area (Å²) in [6.45, 7) is 1.99. The lowest BCUT2D eigenvalue weighted by Gasteiger charge is -2.06. The Kier molecular flexibility index (Phi) is 6.30. The van der Waals surface area contributed by atoms with Crippen LogP contribution >= 0.6 is 34.7 Å². The van der Waals surface area contributed by atoms with Crippen LogP contribution in [0.2, 0.25) is 5.02 Å². The van der Waals surface area contributed by atoms with Gasteiger partial charge < -0.3 is 5.73 Å².